The van der Waals surface area contributed by atoms with Crippen molar-refractivity contribution >= 4 is 5.91 Å². The lowest BCUT2D eigenvalue weighted by molar-refractivity contribution is -0.121. The van der Waals surface area contributed by atoms with Gasteiger partial charge in [0.1, 0.15) is 0 Å². The molecule has 0 atom stereocenters. The molecule has 6 heteroatoms. The number of H-pyrrole nitrogens is 1. The quantitative estimate of drug-likeness (QED) is 0.669. The van der Waals surface area contributed by atoms with E-state index in [1.54, 1.807) is 4.57 Å². The molecule has 1 aromatic heterocycles. The second-order valence-electron chi connectivity index (χ2n) is 5.27. The summed E-state index contributed by atoms with van der Waals surface area (Å²) in [5.41, 5.74) is 1.62. The van der Waals surface area contributed by atoms with Crippen molar-refractivity contribution in [3.8, 4) is 0 Å². The van der Waals surface area contributed by atoms with Crippen molar-refractivity contribution in [3.63, 3.8) is 0 Å². The molecule has 0 fully saturated rings. The fourth-order valence-corrected chi connectivity index (χ4v) is 2.31. The summed E-state index contributed by atoms with van der Waals surface area (Å²) in [5, 5.41) is 2.91. The number of hydrogen-bond donors (Lipinski definition) is 2. The number of amides is 1. The third kappa shape index (κ3) is 5.38. The van der Waals surface area contributed by atoms with Crippen LogP contribution < -0.4 is 11.0 Å². The van der Waals surface area contributed by atoms with Crippen LogP contribution >= 0.6 is 0 Å². The standard InChI is InChI=1S/C15H28N4O2/c1-5-18(6-2)10-7-9-16-14(20)8-11-19-13(4)12(3)17-15(19)21/h5-11H2,1-4H3,(H,16,20)(H,17,21). The fourth-order valence-electron chi connectivity index (χ4n) is 2.31. The average molecular weight is 296 g/mol. The highest BCUT2D eigenvalue weighted by atomic mass is 16.2. The Kier molecular flexibility index (Phi) is 7.22. The predicted octanol–water partition coefficient (Wildman–Crippen LogP) is 1.03. The molecule has 1 rings (SSSR count). The number of carbonyl (C=O) groups is 1. The van der Waals surface area contributed by atoms with Crippen LogP contribution in [0.4, 0.5) is 0 Å². The molecule has 21 heavy (non-hydrogen) atoms. The van der Waals surface area contributed by atoms with Gasteiger partial charge in [0.25, 0.3) is 0 Å². The molecule has 0 aliphatic rings. The fraction of sp³-hybridized carbons (Fsp3) is 0.733. The van der Waals surface area contributed by atoms with E-state index in [4.69, 9.17) is 0 Å². The molecule has 0 saturated heterocycles. The number of aromatic amines is 1. The molecule has 0 aliphatic carbocycles. The highest BCUT2D eigenvalue weighted by molar-refractivity contribution is 5.75. The smallest absolute Gasteiger partial charge is 0.325 e. The van der Waals surface area contributed by atoms with Gasteiger partial charge in [-0.1, -0.05) is 13.8 Å². The Morgan fingerprint density at radius 1 is 1.29 bits per heavy atom. The van der Waals surface area contributed by atoms with Gasteiger partial charge in [-0.25, -0.2) is 4.79 Å². The molecule has 1 amide bonds. The number of carbonyl (C=O) groups excluding carboxylic acids is 1. The molecule has 0 radical (unpaired) electrons. The van der Waals surface area contributed by atoms with Crippen molar-refractivity contribution in [1.29, 1.82) is 0 Å². The molecule has 0 aliphatic heterocycles. The van der Waals surface area contributed by atoms with Crippen molar-refractivity contribution in [3.05, 3.63) is 21.9 Å². The van der Waals surface area contributed by atoms with E-state index in [1.165, 1.54) is 0 Å². The SMILES string of the molecule is CCN(CC)CCCNC(=O)CCn1c(C)c(C)[nH]c1=O. The summed E-state index contributed by atoms with van der Waals surface area (Å²) in [5.74, 6) is -0.000278. The number of rotatable bonds is 9. The minimum absolute atomic E-state index is 0.000278. The maximum absolute atomic E-state index is 11.8. The number of imidazole rings is 1. The van der Waals surface area contributed by atoms with Crippen LogP contribution in [0.5, 0.6) is 0 Å². The summed E-state index contributed by atoms with van der Waals surface area (Å²) in [7, 11) is 0. The Hall–Kier alpha value is -1.56. The monoisotopic (exact) mass is 296 g/mol. The summed E-state index contributed by atoms with van der Waals surface area (Å²) in [6, 6.07) is 0. The Labute approximate surface area is 126 Å². The minimum Gasteiger partial charge on any atom is -0.356 e. The van der Waals surface area contributed by atoms with Crippen LogP contribution in [0.15, 0.2) is 4.79 Å². The maximum atomic E-state index is 11.8. The molecule has 6 nitrogen and oxygen atoms in total. The van der Waals surface area contributed by atoms with Gasteiger partial charge >= 0.3 is 5.69 Å². The van der Waals surface area contributed by atoms with Crippen molar-refractivity contribution in [2.45, 2.75) is 47.1 Å². The van der Waals surface area contributed by atoms with Gasteiger partial charge in [-0.15, -0.1) is 0 Å². The number of nitrogens with one attached hydrogen (secondary N) is 2. The summed E-state index contributed by atoms with van der Waals surface area (Å²) in [6.45, 7) is 12.2. The van der Waals surface area contributed by atoms with Gasteiger partial charge in [0.15, 0.2) is 0 Å². The summed E-state index contributed by atoms with van der Waals surface area (Å²) in [4.78, 5) is 28.5. The topological polar surface area (TPSA) is 70.1 Å². The van der Waals surface area contributed by atoms with E-state index in [0.717, 1.165) is 37.4 Å². The average Bonchev–Trinajstić information content (AvgIpc) is 2.70. The Bertz CT molecular complexity index is 500. The third-order valence-electron chi connectivity index (χ3n) is 3.92. The molecule has 1 aromatic rings. The van der Waals surface area contributed by atoms with E-state index in [0.29, 0.717) is 19.5 Å². The van der Waals surface area contributed by atoms with E-state index in [-0.39, 0.29) is 11.6 Å². The highest BCUT2D eigenvalue weighted by Gasteiger charge is 2.08. The summed E-state index contributed by atoms with van der Waals surface area (Å²) >= 11 is 0. The van der Waals surface area contributed by atoms with Crippen molar-refractivity contribution < 1.29 is 4.79 Å². The van der Waals surface area contributed by atoms with Gasteiger partial charge in [-0.3, -0.25) is 9.36 Å². The van der Waals surface area contributed by atoms with Crippen LogP contribution in [0.2, 0.25) is 0 Å². The van der Waals surface area contributed by atoms with E-state index < -0.39 is 0 Å². The van der Waals surface area contributed by atoms with E-state index in [9.17, 15) is 9.59 Å². The van der Waals surface area contributed by atoms with E-state index in [1.807, 2.05) is 13.8 Å². The molecule has 1 heterocycles. The molecular formula is C15H28N4O2. The van der Waals surface area contributed by atoms with E-state index >= 15 is 0 Å². The van der Waals surface area contributed by atoms with Crippen LogP contribution in [-0.2, 0) is 11.3 Å². The Morgan fingerprint density at radius 2 is 1.95 bits per heavy atom. The normalized spacial score (nSPS) is 11.1. The Morgan fingerprint density at radius 3 is 2.48 bits per heavy atom. The Balaban J connectivity index is 2.27. The number of aryl methyl sites for hydroxylation is 1. The predicted molar refractivity (Wildman–Crippen MR) is 84.6 cm³/mol. The van der Waals surface area contributed by atoms with Crippen LogP contribution in [0.1, 0.15) is 38.1 Å². The van der Waals surface area contributed by atoms with Gasteiger partial charge in [-0.05, 0) is 39.9 Å². The zero-order chi connectivity index (χ0) is 15.8. The summed E-state index contributed by atoms with van der Waals surface area (Å²) in [6.07, 6.45) is 1.29. The van der Waals surface area contributed by atoms with Crippen molar-refractivity contribution in [2.75, 3.05) is 26.2 Å². The van der Waals surface area contributed by atoms with Crippen LogP contribution in [0.3, 0.4) is 0 Å². The molecule has 2 N–H and O–H groups in total. The second kappa shape index (κ2) is 8.67. The zero-order valence-corrected chi connectivity index (χ0v) is 13.7. The van der Waals surface area contributed by atoms with Crippen molar-refractivity contribution in [2.24, 2.45) is 0 Å². The minimum atomic E-state index is -0.140. The first-order valence-electron chi connectivity index (χ1n) is 7.74. The van der Waals surface area contributed by atoms with E-state index in [2.05, 4.69) is 29.0 Å². The van der Waals surface area contributed by atoms with Gasteiger partial charge in [0.05, 0.1) is 0 Å². The second-order valence-corrected chi connectivity index (χ2v) is 5.27. The molecule has 0 saturated carbocycles. The lowest BCUT2D eigenvalue weighted by atomic mass is 10.3. The molecule has 0 unspecified atom stereocenters. The third-order valence-corrected chi connectivity index (χ3v) is 3.92. The first-order chi connectivity index (χ1) is 9.99. The number of nitrogens with zero attached hydrogens (tertiary/aromatic N) is 2. The molecule has 0 aromatic carbocycles. The molecular weight excluding hydrogens is 268 g/mol. The molecule has 0 bridgehead atoms. The zero-order valence-electron chi connectivity index (χ0n) is 13.7. The van der Waals surface area contributed by atoms with Crippen LogP contribution in [0.25, 0.3) is 0 Å². The largest absolute Gasteiger partial charge is 0.356 e. The number of hydrogen-bond acceptors (Lipinski definition) is 3. The van der Waals surface area contributed by atoms with Gasteiger partial charge in [0.2, 0.25) is 5.91 Å². The molecule has 120 valence electrons. The summed E-state index contributed by atoms with van der Waals surface area (Å²) < 4.78 is 1.62. The molecule has 0 spiro atoms. The first kappa shape index (κ1) is 17.5. The van der Waals surface area contributed by atoms with Gasteiger partial charge < -0.3 is 15.2 Å². The van der Waals surface area contributed by atoms with Crippen LogP contribution in [0, 0.1) is 13.8 Å². The van der Waals surface area contributed by atoms with Crippen LogP contribution in [-0.4, -0.2) is 46.5 Å². The number of aromatic nitrogens is 2. The van der Waals surface area contributed by atoms with Gasteiger partial charge in [0, 0.05) is 30.9 Å². The lowest BCUT2D eigenvalue weighted by Crippen LogP contribution is -2.31. The lowest BCUT2D eigenvalue weighted by Gasteiger charge is -2.17. The highest BCUT2D eigenvalue weighted by Crippen LogP contribution is 2.01. The van der Waals surface area contributed by atoms with Gasteiger partial charge in [-0.2, -0.15) is 0 Å². The van der Waals surface area contributed by atoms with Crippen molar-refractivity contribution in [1.82, 2.24) is 19.8 Å². The first-order valence-corrected chi connectivity index (χ1v) is 7.74. The maximum Gasteiger partial charge on any atom is 0.325 e.